The Labute approximate surface area is 184 Å². The van der Waals surface area contributed by atoms with Gasteiger partial charge in [0.15, 0.2) is 5.82 Å². The van der Waals surface area contributed by atoms with Crippen molar-refractivity contribution >= 4 is 12.6 Å². The molecule has 3 aromatic rings. The summed E-state index contributed by atoms with van der Waals surface area (Å²) in [6.07, 6.45) is 3.39. The van der Waals surface area contributed by atoms with E-state index in [1.165, 1.54) is 0 Å². The molecule has 1 saturated heterocycles. The number of hydrogen-bond acceptors (Lipinski definition) is 6. The van der Waals surface area contributed by atoms with Gasteiger partial charge in [-0.3, -0.25) is 4.98 Å². The molecule has 1 fully saturated rings. The highest BCUT2D eigenvalue weighted by Gasteiger charge is 2.51. The highest BCUT2D eigenvalue weighted by Crippen LogP contribution is 2.36. The highest BCUT2D eigenvalue weighted by atomic mass is 16.7. The molecule has 0 radical (unpaired) electrons. The van der Waals surface area contributed by atoms with Crippen molar-refractivity contribution in [3.63, 3.8) is 0 Å². The number of aromatic nitrogens is 4. The zero-order valence-electron chi connectivity index (χ0n) is 19.1. The Kier molecular flexibility index (Phi) is 5.66. The largest absolute Gasteiger partial charge is 0.494 e. The first kappa shape index (κ1) is 21.6. The average molecular weight is 416 g/mol. The summed E-state index contributed by atoms with van der Waals surface area (Å²) >= 11 is 0. The molecule has 0 N–H and O–H groups in total. The Balaban J connectivity index is 1.54. The van der Waals surface area contributed by atoms with Gasteiger partial charge in [0, 0.05) is 30.2 Å². The fourth-order valence-corrected chi connectivity index (χ4v) is 3.40. The lowest BCUT2D eigenvalue weighted by Crippen LogP contribution is -2.41. The molecule has 31 heavy (non-hydrogen) atoms. The highest BCUT2D eigenvalue weighted by molar-refractivity contribution is 6.62. The molecule has 1 aromatic carbocycles. The minimum atomic E-state index is -0.362. The summed E-state index contributed by atoms with van der Waals surface area (Å²) in [4.78, 5) is 18.2. The summed E-state index contributed by atoms with van der Waals surface area (Å²) < 4.78 is 12.3. The summed E-state index contributed by atoms with van der Waals surface area (Å²) in [6.45, 7) is 12.3. The SMILES string of the molecule is CCc1nc(CC)nc(-c2ccc(-c3ccc(B4OC(C)(C)C(C)(C)O4)cc3)nc2)n1. The molecule has 2 aromatic heterocycles. The number of rotatable bonds is 5. The predicted octanol–water partition coefficient (Wildman–Crippen LogP) is 4.02. The van der Waals surface area contributed by atoms with Gasteiger partial charge in [0.25, 0.3) is 0 Å². The van der Waals surface area contributed by atoms with Crippen LogP contribution in [0.25, 0.3) is 22.6 Å². The Morgan fingerprint density at radius 1 is 0.742 bits per heavy atom. The third-order valence-corrected chi connectivity index (χ3v) is 6.11. The molecule has 1 aliphatic rings. The molecule has 0 bridgehead atoms. The molecular formula is C24H29BN4O2. The van der Waals surface area contributed by atoms with Gasteiger partial charge in [-0.1, -0.05) is 38.1 Å². The maximum atomic E-state index is 6.14. The van der Waals surface area contributed by atoms with Crippen LogP contribution >= 0.6 is 0 Å². The summed E-state index contributed by atoms with van der Waals surface area (Å²) in [5.41, 5.74) is 3.12. The van der Waals surface area contributed by atoms with Gasteiger partial charge in [-0.05, 0) is 45.3 Å². The van der Waals surface area contributed by atoms with Crippen molar-refractivity contribution < 1.29 is 9.31 Å². The second-order valence-corrected chi connectivity index (χ2v) is 8.84. The van der Waals surface area contributed by atoms with Crippen molar-refractivity contribution in [1.82, 2.24) is 19.9 Å². The second kappa shape index (κ2) is 8.13. The van der Waals surface area contributed by atoms with E-state index in [1.807, 2.05) is 44.3 Å². The van der Waals surface area contributed by atoms with Crippen LogP contribution < -0.4 is 5.46 Å². The minimum Gasteiger partial charge on any atom is -0.399 e. The third kappa shape index (κ3) is 4.25. The first-order chi connectivity index (χ1) is 14.7. The van der Waals surface area contributed by atoms with Gasteiger partial charge >= 0.3 is 7.12 Å². The first-order valence-electron chi connectivity index (χ1n) is 10.9. The predicted molar refractivity (Wildman–Crippen MR) is 123 cm³/mol. The van der Waals surface area contributed by atoms with Crippen LogP contribution in [0.4, 0.5) is 0 Å². The molecule has 0 atom stereocenters. The number of hydrogen-bond donors (Lipinski definition) is 0. The van der Waals surface area contributed by atoms with Crippen LogP contribution in [0.15, 0.2) is 42.6 Å². The van der Waals surface area contributed by atoms with Gasteiger partial charge in [0.2, 0.25) is 0 Å². The van der Waals surface area contributed by atoms with Crippen LogP contribution in [0.3, 0.4) is 0 Å². The summed E-state index contributed by atoms with van der Waals surface area (Å²) in [5.74, 6) is 2.30. The first-order valence-corrected chi connectivity index (χ1v) is 10.9. The fraction of sp³-hybridized carbons (Fsp3) is 0.417. The van der Waals surface area contributed by atoms with Crippen LogP contribution in [0.5, 0.6) is 0 Å². The van der Waals surface area contributed by atoms with Crippen LogP contribution in [-0.4, -0.2) is 38.3 Å². The summed E-state index contributed by atoms with van der Waals surface area (Å²) in [6, 6.07) is 12.2. The van der Waals surface area contributed by atoms with Crippen molar-refractivity contribution in [3.05, 3.63) is 54.2 Å². The van der Waals surface area contributed by atoms with E-state index in [0.29, 0.717) is 5.82 Å². The minimum absolute atomic E-state index is 0.349. The van der Waals surface area contributed by atoms with Gasteiger partial charge < -0.3 is 9.31 Å². The molecule has 1 aliphatic heterocycles. The molecule has 0 spiro atoms. The van der Waals surface area contributed by atoms with Gasteiger partial charge in [-0.2, -0.15) is 0 Å². The molecule has 6 nitrogen and oxygen atoms in total. The number of benzene rings is 1. The van der Waals surface area contributed by atoms with E-state index >= 15 is 0 Å². The van der Waals surface area contributed by atoms with E-state index in [-0.39, 0.29) is 18.3 Å². The zero-order chi connectivity index (χ0) is 22.2. The Morgan fingerprint density at radius 3 is 1.77 bits per heavy atom. The maximum Gasteiger partial charge on any atom is 0.494 e. The summed E-state index contributed by atoms with van der Waals surface area (Å²) in [7, 11) is -0.362. The van der Waals surface area contributed by atoms with Gasteiger partial charge in [0.1, 0.15) is 11.6 Å². The lowest BCUT2D eigenvalue weighted by molar-refractivity contribution is 0.00578. The van der Waals surface area contributed by atoms with Crippen molar-refractivity contribution in [1.29, 1.82) is 0 Å². The summed E-state index contributed by atoms with van der Waals surface area (Å²) in [5, 5.41) is 0. The van der Waals surface area contributed by atoms with Crippen LogP contribution in [-0.2, 0) is 22.2 Å². The molecule has 0 aliphatic carbocycles. The number of aryl methyl sites for hydroxylation is 2. The fourth-order valence-electron chi connectivity index (χ4n) is 3.40. The molecule has 3 heterocycles. The molecular weight excluding hydrogens is 387 g/mol. The number of pyridine rings is 1. The topological polar surface area (TPSA) is 70.0 Å². The zero-order valence-corrected chi connectivity index (χ0v) is 19.1. The van der Waals surface area contributed by atoms with Crippen molar-refractivity contribution in [2.45, 2.75) is 65.6 Å². The quantitative estimate of drug-likeness (QED) is 0.585. The van der Waals surface area contributed by atoms with Crippen molar-refractivity contribution in [2.24, 2.45) is 0 Å². The molecule has 0 amide bonds. The average Bonchev–Trinajstić information content (AvgIpc) is 3.00. The molecule has 160 valence electrons. The van der Waals surface area contributed by atoms with Gasteiger partial charge in [0.05, 0.1) is 16.9 Å². The lowest BCUT2D eigenvalue weighted by Gasteiger charge is -2.32. The Hall–Kier alpha value is -2.64. The van der Waals surface area contributed by atoms with E-state index in [4.69, 9.17) is 9.31 Å². The lowest BCUT2D eigenvalue weighted by atomic mass is 9.79. The van der Waals surface area contributed by atoms with E-state index < -0.39 is 0 Å². The molecule has 0 saturated carbocycles. The second-order valence-electron chi connectivity index (χ2n) is 8.84. The Bertz CT molecular complexity index is 1030. The monoisotopic (exact) mass is 416 g/mol. The number of nitrogens with zero attached hydrogens (tertiary/aromatic N) is 4. The molecule has 0 unspecified atom stereocenters. The van der Waals surface area contributed by atoms with E-state index in [0.717, 1.165) is 46.8 Å². The van der Waals surface area contributed by atoms with Crippen LogP contribution in [0, 0.1) is 0 Å². The van der Waals surface area contributed by atoms with E-state index in [2.05, 4.69) is 59.8 Å². The Morgan fingerprint density at radius 2 is 1.29 bits per heavy atom. The molecule has 7 heteroatoms. The normalized spacial score (nSPS) is 17.2. The van der Waals surface area contributed by atoms with Crippen LogP contribution in [0.1, 0.15) is 53.2 Å². The van der Waals surface area contributed by atoms with Crippen LogP contribution in [0.2, 0.25) is 0 Å². The standard InChI is InChI=1S/C24H29BN4O2/c1-7-20-27-21(8-2)29-22(28-20)17-11-14-19(26-15-17)16-9-12-18(13-10-16)25-30-23(3,4)24(5,6)31-25/h9-15H,7-8H2,1-6H3. The van der Waals surface area contributed by atoms with E-state index in [1.54, 1.807) is 0 Å². The van der Waals surface area contributed by atoms with Gasteiger partial charge in [-0.25, -0.2) is 15.0 Å². The maximum absolute atomic E-state index is 6.14. The van der Waals surface area contributed by atoms with E-state index in [9.17, 15) is 0 Å². The smallest absolute Gasteiger partial charge is 0.399 e. The third-order valence-electron chi connectivity index (χ3n) is 6.11. The van der Waals surface area contributed by atoms with Gasteiger partial charge in [-0.15, -0.1) is 0 Å². The van der Waals surface area contributed by atoms with Crippen molar-refractivity contribution in [3.8, 4) is 22.6 Å². The van der Waals surface area contributed by atoms with Crippen molar-refractivity contribution in [2.75, 3.05) is 0 Å². The molecule has 4 rings (SSSR count).